The molecule has 0 spiro atoms. The van der Waals surface area contributed by atoms with Crippen LogP contribution in [0.3, 0.4) is 0 Å². The van der Waals surface area contributed by atoms with Crippen molar-refractivity contribution in [3.05, 3.63) is 47.2 Å². The molecule has 2 N–H and O–H groups in total. The highest BCUT2D eigenvalue weighted by molar-refractivity contribution is 5.53. The predicted molar refractivity (Wildman–Crippen MR) is 120 cm³/mol. The number of morpholine rings is 2. The van der Waals surface area contributed by atoms with Crippen molar-refractivity contribution in [3.63, 3.8) is 0 Å². The third-order valence-corrected chi connectivity index (χ3v) is 5.83. The summed E-state index contributed by atoms with van der Waals surface area (Å²) in [5, 5.41) is 14.2. The molecule has 1 unspecified atom stereocenters. The number of nitrogens with one attached hydrogen (secondary N) is 1. The molecule has 9 nitrogen and oxygen atoms in total. The van der Waals surface area contributed by atoms with Crippen molar-refractivity contribution in [2.45, 2.75) is 13.0 Å². The van der Waals surface area contributed by atoms with Crippen LogP contribution in [0.4, 0.5) is 5.69 Å². The maximum atomic E-state index is 10.4. The van der Waals surface area contributed by atoms with Crippen LogP contribution in [0.25, 0.3) is 0 Å². The molecule has 0 aliphatic carbocycles. The number of aromatic hydroxyl groups is 1. The normalized spacial score (nSPS) is 18.3. The number of nitrogens with zero attached hydrogens (tertiary/aromatic N) is 4. The standard InChI is InChI=1S/C23H31N5O4/c1-17-2-3-21(29)19(14-17)23(26-24)20-15-18(28-7-11-31-12-8-28)16-22(25-20)32-13-6-27-4-9-30-10-5-27/h2-3,14-16,23-24,29H,4-13H2,1H3. The van der Waals surface area contributed by atoms with E-state index in [1.807, 2.05) is 31.2 Å². The van der Waals surface area contributed by atoms with E-state index in [2.05, 4.69) is 19.9 Å². The molecular weight excluding hydrogens is 410 g/mol. The first-order valence-corrected chi connectivity index (χ1v) is 11.1. The molecule has 2 aliphatic heterocycles. The molecule has 2 aliphatic rings. The fraction of sp³-hybridized carbons (Fsp3) is 0.522. The van der Waals surface area contributed by atoms with Gasteiger partial charge in [0.15, 0.2) is 0 Å². The number of hydrogen-bond acceptors (Lipinski definition) is 9. The average molecular weight is 442 g/mol. The van der Waals surface area contributed by atoms with E-state index < -0.39 is 6.04 Å². The SMILES string of the molecule is Cc1ccc(O)c(C(N=N)c2cc(N3CCOCC3)cc(OCCN3CCOCC3)n2)c1. The Morgan fingerprint density at radius 1 is 1.09 bits per heavy atom. The van der Waals surface area contributed by atoms with E-state index in [0.717, 1.165) is 57.2 Å². The van der Waals surface area contributed by atoms with Crippen molar-refractivity contribution in [1.29, 1.82) is 5.53 Å². The van der Waals surface area contributed by atoms with Crippen LogP contribution in [-0.2, 0) is 9.47 Å². The lowest BCUT2D eigenvalue weighted by Crippen LogP contribution is -2.38. The van der Waals surface area contributed by atoms with Crippen LogP contribution in [0, 0.1) is 12.5 Å². The molecule has 0 amide bonds. The van der Waals surface area contributed by atoms with Gasteiger partial charge in [-0.1, -0.05) is 11.6 Å². The van der Waals surface area contributed by atoms with Gasteiger partial charge in [0.2, 0.25) is 5.88 Å². The van der Waals surface area contributed by atoms with E-state index >= 15 is 0 Å². The van der Waals surface area contributed by atoms with Crippen LogP contribution >= 0.6 is 0 Å². The molecule has 4 rings (SSSR count). The zero-order chi connectivity index (χ0) is 22.3. The summed E-state index contributed by atoms with van der Waals surface area (Å²) in [4.78, 5) is 9.21. The summed E-state index contributed by atoms with van der Waals surface area (Å²) in [6, 6.07) is 8.47. The number of benzene rings is 1. The third-order valence-electron chi connectivity index (χ3n) is 5.83. The number of phenolic OH excluding ortho intramolecular Hbond substituents is 1. The molecule has 1 atom stereocenters. The smallest absolute Gasteiger partial charge is 0.215 e. The molecule has 0 bridgehead atoms. The van der Waals surface area contributed by atoms with Gasteiger partial charge in [-0.2, -0.15) is 5.11 Å². The Balaban J connectivity index is 1.59. The molecule has 1 aromatic heterocycles. The summed E-state index contributed by atoms with van der Waals surface area (Å²) >= 11 is 0. The summed E-state index contributed by atoms with van der Waals surface area (Å²) < 4.78 is 16.9. The van der Waals surface area contributed by atoms with Gasteiger partial charge >= 0.3 is 0 Å². The van der Waals surface area contributed by atoms with Gasteiger partial charge in [-0.05, 0) is 25.1 Å². The maximum absolute atomic E-state index is 10.4. The second-order valence-electron chi connectivity index (χ2n) is 8.08. The van der Waals surface area contributed by atoms with E-state index in [4.69, 9.17) is 19.7 Å². The first kappa shape index (κ1) is 22.4. The number of phenols is 1. The third kappa shape index (κ3) is 5.53. The highest BCUT2D eigenvalue weighted by Crippen LogP contribution is 2.35. The quantitative estimate of drug-likeness (QED) is 0.607. The molecule has 32 heavy (non-hydrogen) atoms. The van der Waals surface area contributed by atoms with Gasteiger partial charge in [-0.3, -0.25) is 4.90 Å². The predicted octanol–water partition coefficient (Wildman–Crippen LogP) is 2.76. The fourth-order valence-corrected chi connectivity index (χ4v) is 4.02. The molecule has 1 aromatic carbocycles. The Kier molecular flexibility index (Phi) is 7.51. The van der Waals surface area contributed by atoms with Gasteiger partial charge < -0.3 is 24.2 Å². The van der Waals surface area contributed by atoms with Crippen LogP contribution in [0.5, 0.6) is 11.6 Å². The summed E-state index contributed by atoms with van der Waals surface area (Å²) in [7, 11) is 0. The summed E-state index contributed by atoms with van der Waals surface area (Å²) in [5.41, 5.74) is 10.9. The Labute approximate surface area is 188 Å². The van der Waals surface area contributed by atoms with Crippen molar-refractivity contribution in [3.8, 4) is 11.6 Å². The van der Waals surface area contributed by atoms with Crippen molar-refractivity contribution in [2.75, 3.05) is 70.7 Å². The maximum Gasteiger partial charge on any atom is 0.215 e. The molecule has 9 heteroatoms. The molecule has 2 fully saturated rings. The fourth-order valence-electron chi connectivity index (χ4n) is 4.02. The number of aromatic nitrogens is 1. The number of ether oxygens (including phenoxy) is 3. The molecule has 172 valence electrons. The molecule has 0 radical (unpaired) electrons. The van der Waals surface area contributed by atoms with Crippen LogP contribution in [0.15, 0.2) is 35.4 Å². The minimum Gasteiger partial charge on any atom is -0.508 e. The van der Waals surface area contributed by atoms with Crippen molar-refractivity contribution >= 4 is 5.69 Å². The zero-order valence-corrected chi connectivity index (χ0v) is 18.5. The first-order chi connectivity index (χ1) is 15.6. The monoisotopic (exact) mass is 441 g/mol. The van der Waals surface area contributed by atoms with Gasteiger partial charge in [0.05, 0.1) is 32.1 Å². The molecule has 2 saturated heterocycles. The Hall–Kier alpha value is -2.75. The van der Waals surface area contributed by atoms with E-state index in [1.165, 1.54) is 0 Å². The highest BCUT2D eigenvalue weighted by atomic mass is 16.5. The lowest BCUT2D eigenvalue weighted by Gasteiger charge is -2.30. The second kappa shape index (κ2) is 10.7. The Bertz CT molecular complexity index is 913. The minimum atomic E-state index is -0.711. The van der Waals surface area contributed by atoms with Crippen LogP contribution in [0.2, 0.25) is 0 Å². The van der Waals surface area contributed by atoms with Crippen LogP contribution in [-0.4, -0.2) is 80.7 Å². The van der Waals surface area contributed by atoms with E-state index in [9.17, 15) is 5.11 Å². The van der Waals surface area contributed by atoms with Gasteiger partial charge in [0.1, 0.15) is 18.4 Å². The summed E-state index contributed by atoms with van der Waals surface area (Å²) in [5.74, 6) is 0.600. The first-order valence-electron chi connectivity index (χ1n) is 11.1. The largest absolute Gasteiger partial charge is 0.508 e. The average Bonchev–Trinajstić information content (AvgIpc) is 2.83. The van der Waals surface area contributed by atoms with Crippen LogP contribution in [0.1, 0.15) is 22.9 Å². The van der Waals surface area contributed by atoms with Crippen molar-refractivity contribution in [2.24, 2.45) is 5.11 Å². The molecular formula is C23H31N5O4. The summed E-state index contributed by atoms with van der Waals surface area (Å²) in [6.07, 6.45) is 0. The number of rotatable bonds is 8. The van der Waals surface area contributed by atoms with Gasteiger partial charge in [0, 0.05) is 50.0 Å². The van der Waals surface area contributed by atoms with Crippen molar-refractivity contribution < 1.29 is 19.3 Å². The number of aryl methyl sites for hydroxylation is 1. The van der Waals surface area contributed by atoms with Gasteiger partial charge in [0.25, 0.3) is 0 Å². The highest BCUT2D eigenvalue weighted by Gasteiger charge is 2.22. The Morgan fingerprint density at radius 3 is 2.53 bits per heavy atom. The number of hydrogen-bond donors (Lipinski definition) is 2. The van der Waals surface area contributed by atoms with Gasteiger partial charge in [-0.25, -0.2) is 10.5 Å². The topological polar surface area (TPSA) is 104 Å². The molecule has 0 saturated carbocycles. The molecule has 3 heterocycles. The van der Waals surface area contributed by atoms with Crippen LogP contribution < -0.4 is 9.64 Å². The van der Waals surface area contributed by atoms with Crippen molar-refractivity contribution in [1.82, 2.24) is 9.88 Å². The number of anilines is 1. The lowest BCUT2D eigenvalue weighted by atomic mass is 10.00. The van der Waals surface area contributed by atoms with E-state index in [1.54, 1.807) is 6.07 Å². The summed E-state index contributed by atoms with van der Waals surface area (Å²) in [6.45, 7) is 9.44. The second-order valence-corrected chi connectivity index (χ2v) is 8.08. The zero-order valence-electron chi connectivity index (χ0n) is 18.5. The number of pyridine rings is 1. The van der Waals surface area contributed by atoms with Gasteiger partial charge in [-0.15, -0.1) is 0 Å². The minimum absolute atomic E-state index is 0.102. The lowest BCUT2D eigenvalue weighted by molar-refractivity contribution is 0.0320. The Morgan fingerprint density at radius 2 is 1.81 bits per heavy atom. The van der Waals surface area contributed by atoms with E-state index in [0.29, 0.717) is 37.0 Å². The molecule has 2 aromatic rings. The van der Waals surface area contributed by atoms with E-state index in [-0.39, 0.29) is 5.75 Å².